The summed E-state index contributed by atoms with van der Waals surface area (Å²) in [5, 5.41) is 3.24. The number of Topliss-reactive ketones (excluding diaryl/α,β-unsaturated/α-hetero) is 1. The highest BCUT2D eigenvalue weighted by Crippen LogP contribution is 2.23. The number of hydrogen-bond acceptors (Lipinski definition) is 3. The van der Waals surface area contributed by atoms with Gasteiger partial charge in [0, 0.05) is 35.8 Å². The van der Waals surface area contributed by atoms with Crippen LogP contribution in [0.5, 0.6) is 0 Å². The average Bonchev–Trinajstić information content (AvgIpc) is 2.52. The van der Waals surface area contributed by atoms with Gasteiger partial charge in [-0.05, 0) is 25.5 Å². The van der Waals surface area contributed by atoms with Crippen molar-refractivity contribution in [2.45, 2.75) is 19.8 Å². The standard InChI is InChI=1S/C11H12N2O/c1-8-10(2-3-11(8)14)13-9-4-6-12-7-5-9/h4-7H,2-3H2,1H3,(H,12,13). The van der Waals surface area contributed by atoms with Gasteiger partial charge in [-0.25, -0.2) is 0 Å². The molecule has 1 N–H and O–H groups in total. The summed E-state index contributed by atoms with van der Waals surface area (Å²) in [5.74, 6) is 0.251. The molecule has 0 bridgehead atoms. The lowest BCUT2D eigenvalue weighted by Crippen LogP contribution is -1.99. The van der Waals surface area contributed by atoms with Crippen LogP contribution < -0.4 is 5.32 Å². The van der Waals surface area contributed by atoms with E-state index < -0.39 is 0 Å². The Kier molecular flexibility index (Phi) is 2.31. The lowest BCUT2D eigenvalue weighted by atomic mass is 10.2. The number of pyridine rings is 1. The molecule has 0 spiro atoms. The van der Waals surface area contributed by atoms with Crippen LogP contribution >= 0.6 is 0 Å². The van der Waals surface area contributed by atoms with Crippen molar-refractivity contribution < 1.29 is 4.79 Å². The Hall–Kier alpha value is -1.64. The van der Waals surface area contributed by atoms with Crippen LogP contribution in [0.1, 0.15) is 19.8 Å². The minimum Gasteiger partial charge on any atom is -0.358 e. The second-order valence-electron chi connectivity index (χ2n) is 3.39. The highest BCUT2D eigenvalue weighted by atomic mass is 16.1. The molecule has 2 rings (SSSR count). The van der Waals surface area contributed by atoms with Crippen LogP contribution in [0.25, 0.3) is 0 Å². The zero-order valence-corrected chi connectivity index (χ0v) is 8.08. The van der Waals surface area contributed by atoms with Crippen LogP contribution in [0.3, 0.4) is 0 Å². The maximum absolute atomic E-state index is 11.3. The summed E-state index contributed by atoms with van der Waals surface area (Å²) in [6, 6.07) is 3.78. The minimum atomic E-state index is 0.251. The zero-order chi connectivity index (χ0) is 9.97. The van der Waals surface area contributed by atoms with Crippen LogP contribution in [-0.4, -0.2) is 10.8 Å². The first-order chi connectivity index (χ1) is 6.77. The van der Waals surface area contributed by atoms with E-state index in [0.717, 1.165) is 23.4 Å². The van der Waals surface area contributed by atoms with Crippen molar-refractivity contribution in [2.75, 3.05) is 5.32 Å². The van der Waals surface area contributed by atoms with Gasteiger partial charge in [0.1, 0.15) is 0 Å². The molecule has 14 heavy (non-hydrogen) atoms. The maximum Gasteiger partial charge on any atom is 0.160 e. The summed E-state index contributed by atoms with van der Waals surface area (Å²) in [4.78, 5) is 15.2. The predicted octanol–water partition coefficient (Wildman–Crippen LogP) is 2.13. The van der Waals surface area contributed by atoms with Crippen molar-refractivity contribution in [3.63, 3.8) is 0 Å². The van der Waals surface area contributed by atoms with Gasteiger partial charge in [-0.1, -0.05) is 0 Å². The molecule has 0 aromatic carbocycles. The van der Waals surface area contributed by atoms with Gasteiger partial charge in [0.2, 0.25) is 0 Å². The molecule has 3 nitrogen and oxygen atoms in total. The fourth-order valence-electron chi connectivity index (χ4n) is 1.55. The number of carbonyl (C=O) groups excluding carboxylic acids is 1. The molecule has 72 valence electrons. The molecule has 1 aliphatic rings. The van der Waals surface area contributed by atoms with Gasteiger partial charge in [-0.2, -0.15) is 0 Å². The van der Waals surface area contributed by atoms with Crippen molar-refractivity contribution in [2.24, 2.45) is 0 Å². The van der Waals surface area contributed by atoms with Crippen LogP contribution in [0.2, 0.25) is 0 Å². The quantitative estimate of drug-likeness (QED) is 0.773. The normalized spacial score (nSPS) is 16.2. The summed E-state index contributed by atoms with van der Waals surface area (Å²) in [6.45, 7) is 1.87. The fourth-order valence-corrected chi connectivity index (χ4v) is 1.55. The van der Waals surface area contributed by atoms with Gasteiger partial charge in [0.05, 0.1) is 0 Å². The number of hydrogen-bond donors (Lipinski definition) is 1. The number of ketones is 1. The van der Waals surface area contributed by atoms with E-state index in [4.69, 9.17) is 0 Å². The second kappa shape index (κ2) is 3.62. The summed E-state index contributed by atoms with van der Waals surface area (Å²) < 4.78 is 0. The highest BCUT2D eigenvalue weighted by molar-refractivity contribution is 5.98. The molecule has 0 unspecified atom stereocenters. The number of allylic oxidation sites excluding steroid dienone is 2. The molecule has 3 heteroatoms. The van der Waals surface area contributed by atoms with Crippen molar-refractivity contribution in [3.05, 3.63) is 35.8 Å². The summed E-state index contributed by atoms with van der Waals surface area (Å²) >= 11 is 0. The number of aromatic nitrogens is 1. The largest absolute Gasteiger partial charge is 0.358 e. The molecule has 1 aromatic rings. The summed E-state index contributed by atoms with van der Waals surface area (Å²) in [5.41, 5.74) is 2.90. The Bertz CT molecular complexity index is 382. The van der Waals surface area contributed by atoms with Crippen LogP contribution in [-0.2, 0) is 4.79 Å². The molecule has 0 saturated carbocycles. The summed E-state index contributed by atoms with van der Waals surface area (Å²) in [7, 11) is 0. The molecule has 0 aliphatic heterocycles. The van der Waals surface area contributed by atoms with E-state index in [1.54, 1.807) is 12.4 Å². The van der Waals surface area contributed by atoms with E-state index in [1.807, 2.05) is 19.1 Å². The molecular formula is C11H12N2O. The van der Waals surface area contributed by atoms with Gasteiger partial charge in [-0.3, -0.25) is 9.78 Å². The Balaban J connectivity index is 2.17. The first-order valence-electron chi connectivity index (χ1n) is 4.67. The van der Waals surface area contributed by atoms with E-state index in [2.05, 4.69) is 10.3 Å². The minimum absolute atomic E-state index is 0.251. The van der Waals surface area contributed by atoms with Gasteiger partial charge in [0.25, 0.3) is 0 Å². The third-order valence-corrected chi connectivity index (χ3v) is 2.45. The van der Waals surface area contributed by atoms with E-state index in [9.17, 15) is 4.79 Å². The molecule has 0 amide bonds. The molecule has 0 atom stereocenters. The van der Waals surface area contributed by atoms with Gasteiger partial charge in [-0.15, -0.1) is 0 Å². The number of anilines is 1. The SMILES string of the molecule is CC1=C(Nc2ccncc2)CCC1=O. The third-order valence-electron chi connectivity index (χ3n) is 2.45. The van der Waals surface area contributed by atoms with Gasteiger partial charge >= 0.3 is 0 Å². The van der Waals surface area contributed by atoms with Crippen molar-refractivity contribution in [1.82, 2.24) is 4.98 Å². The monoisotopic (exact) mass is 188 g/mol. The molecule has 1 heterocycles. The smallest absolute Gasteiger partial charge is 0.160 e. The Labute approximate surface area is 82.9 Å². The van der Waals surface area contributed by atoms with E-state index in [1.165, 1.54) is 0 Å². The number of carbonyl (C=O) groups is 1. The van der Waals surface area contributed by atoms with E-state index >= 15 is 0 Å². The molecule has 0 radical (unpaired) electrons. The predicted molar refractivity (Wildman–Crippen MR) is 54.8 cm³/mol. The van der Waals surface area contributed by atoms with E-state index in [0.29, 0.717) is 6.42 Å². The van der Waals surface area contributed by atoms with Crippen molar-refractivity contribution in [3.8, 4) is 0 Å². The maximum atomic E-state index is 11.3. The van der Waals surface area contributed by atoms with Crippen LogP contribution in [0, 0.1) is 0 Å². The fraction of sp³-hybridized carbons (Fsp3) is 0.273. The average molecular weight is 188 g/mol. The Morgan fingerprint density at radius 1 is 1.29 bits per heavy atom. The number of nitrogens with one attached hydrogen (secondary N) is 1. The van der Waals surface area contributed by atoms with E-state index in [-0.39, 0.29) is 5.78 Å². The third kappa shape index (κ3) is 1.66. The van der Waals surface area contributed by atoms with Crippen LogP contribution in [0.15, 0.2) is 35.8 Å². The zero-order valence-electron chi connectivity index (χ0n) is 8.08. The van der Waals surface area contributed by atoms with Crippen molar-refractivity contribution in [1.29, 1.82) is 0 Å². The highest BCUT2D eigenvalue weighted by Gasteiger charge is 2.18. The molecule has 0 saturated heterocycles. The molecule has 1 aliphatic carbocycles. The first kappa shape index (κ1) is 8.94. The van der Waals surface area contributed by atoms with Crippen molar-refractivity contribution >= 4 is 11.5 Å². The number of rotatable bonds is 2. The second-order valence-corrected chi connectivity index (χ2v) is 3.39. The molecule has 1 aromatic heterocycles. The topological polar surface area (TPSA) is 42.0 Å². The van der Waals surface area contributed by atoms with Gasteiger partial charge in [0.15, 0.2) is 5.78 Å². The summed E-state index contributed by atoms with van der Waals surface area (Å²) in [6.07, 6.45) is 4.93. The number of nitrogens with zero attached hydrogens (tertiary/aromatic N) is 1. The molecule has 0 fully saturated rings. The van der Waals surface area contributed by atoms with Crippen LogP contribution in [0.4, 0.5) is 5.69 Å². The first-order valence-corrected chi connectivity index (χ1v) is 4.67. The lowest BCUT2D eigenvalue weighted by molar-refractivity contribution is -0.114. The van der Waals surface area contributed by atoms with Gasteiger partial charge < -0.3 is 5.32 Å². The Morgan fingerprint density at radius 2 is 2.00 bits per heavy atom. The Morgan fingerprint density at radius 3 is 2.57 bits per heavy atom. The lowest BCUT2D eigenvalue weighted by Gasteiger charge is -2.06. The molecular weight excluding hydrogens is 176 g/mol.